The maximum Gasteiger partial charge on any atom is 0.307 e. The van der Waals surface area contributed by atoms with E-state index < -0.39 is 18.0 Å². The van der Waals surface area contributed by atoms with Crippen LogP contribution in [-0.4, -0.2) is 35.2 Å². The normalized spacial score (nSPS) is 11.6. The van der Waals surface area contributed by atoms with Gasteiger partial charge in [0.25, 0.3) is 5.91 Å². The molecule has 0 aliphatic rings. The molecular formula is C19H19N3O5S. The van der Waals surface area contributed by atoms with E-state index in [-0.39, 0.29) is 12.8 Å². The Balaban J connectivity index is 1.45. The first-order chi connectivity index (χ1) is 13.5. The van der Waals surface area contributed by atoms with E-state index in [1.54, 1.807) is 31.4 Å². The summed E-state index contributed by atoms with van der Waals surface area (Å²) in [5, 5.41) is 10.4. The van der Waals surface area contributed by atoms with Crippen molar-refractivity contribution in [2.45, 2.75) is 25.9 Å². The topological polar surface area (TPSA) is 104 Å². The number of hydrogen-bond donors (Lipinski definition) is 1. The first kappa shape index (κ1) is 19.6. The fourth-order valence-electron chi connectivity index (χ4n) is 2.30. The van der Waals surface area contributed by atoms with Crippen LogP contribution >= 0.6 is 11.3 Å². The molecule has 0 saturated carbocycles. The number of nitrogens with zero attached hydrogens (tertiary/aromatic N) is 2. The Morgan fingerprint density at radius 3 is 2.71 bits per heavy atom. The highest BCUT2D eigenvalue weighted by molar-refractivity contribution is 7.08. The van der Waals surface area contributed by atoms with Gasteiger partial charge in [0.2, 0.25) is 11.7 Å². The number of carbonyl (C=O) groups is 2. The average molecular weight is 401 g/mol. The lowest BCUT2D eigenvalue weighted by Gasteiger charge is -2.13. The molecule has 1 N–H and O–H groups in total. The summed E-state index contributed by atoms with van der Waals surface area (Å²) in [6.45, 7) is 1.51. The number of thiophene rings is 1. The number of rotatable bonds is 8. The number of anilines is 1. The van der Waals surface area contributed by atoms with Gasteiger partial charge in [0, 0.05) is 23.1 Å². The second-order valence-corrected chi connectivity index (χ2v) is 6.65. The van der Waals surface area contributed by atoms with Crippen LogP contribution in [0.1, 0.15) is 19.2 Å². The van der Waals surface area contributed by atoms with E-state index in [1.165, 1.54) is 18.3 Å². The third-order valence-electron chi connectivity index (χ3n) is 3.83. The first-order valence-corrected chi connectivity index (χ1v) is 9.49. The number of esters is 1. The molecule has 0 aliphatic carbocycles. The Bertz CT molecular complexity index is 921. The fourth-order valence-corrected chi connectivity index (χ4v) is 2.94. The predicted molar refractivity (Wildman–Crippen MR) is 103 cm³/mol. The maximum atomic E-state index is 12.2. The van der Waals surface area contributed by atoms with Gasteiger partial charge in [-0.25, -0.2) is 0 Å². The fraction of sp³-hybridized carbons (Fsp3) is 0.263. The Kier molecular flexibility index (Phi) is 6.38. The summed E-state index contributed by atoms with van der Waals surface area (Å²) < 4.78 is 15.4. The van der Waals surface area contributed by atoms with Gasteiger partial charge in [-0.15, -0.1) is 0 Å². The van der Waals surface area contributed by atoms with Crippen molar-refractivity contribution in [2.24, 2.45) is 0 Å². The van der Waals surface area contributed by atoms with Gasteiger partial charge in [0.05, 0.1) is 13.5 Å². The van der Waals surface area contributed by atoms with Crippen LogP contribution in [0.25, 0.3) is 11.4 Å². The van der Waals surface area contributed by atoms with Crippen LogP contribution in [0.2, 0.25) is 0 Å². The molecule has 8 nitrogen and oxygen atoms in total. The molecule has 146 valence electrons. The van der Waals surface area contributed by atoms with Crippen LogP contribution in [0.15, 0.2) is 45.6 Å². The van der Waals surface area contributed by atoms with E-state index in [1.807, 2.05) is 16.8 Å². The molecule has 0 spiro atoms. The average Bonchev–Trinajstić information content (AvgIpc) is 3.38. The van der Waals surface area contributed by atoms with Gasteiger partial charge in [-0.2, -0.15) is 16.3 Å². The van der Waals surface area contributed by atoms with Crippen LogP contribution in [0, 0.1) is 0 Å². The number of hydrogen-bond acceptors (Lipinski definition) is 8. The molecule has 2 heterocycles. The van der Waals surface area contributed by atoms with Crippen molar-refractivity contribution in [3.63, 3.8) is 0 Å². The van der Waals surface area contributed by atoms with Gasteiger partial charge in [0.1, 0.15) is 5.75 Å². The Morgan fingerprint density at radius 1 is 1.25 bits per heavy atom. The van der Waals surface area contributed by atoms with Crippen molar-refractivity contribution in [1.29, 1.82) is 0 Å². The first-order valence-electron chi connectivity index (χ1n) is 8.54. The number of aryl methyl sites for hydroxylation is 1. The highest BCUT2D eigenvalue weighted by Gasteiger charge is 2.19. The number of carbonyl (C=O) groups excluding carboxylic acids is 2. The molecule has 0 unspecified atom stereocenters. The summed E-state index contributed by atoms with van der Waals surface area (Å²) in [5.41, 5.74) is 1.45. The minimum atomic E-state index is -0.932. The van der Waals surface area contributed by atoms with Crippen LogP contribution in [-0.2, 0) is 20.7 Å². The second kappa shape index (κ2) is 9.14. The van der Waals surface area contributed by atoms with Crippen LogP contribution in [0.4, 0.5) is 5.69 Å². The molecule has 0 aliphatic heterocycles. The zero-order valence-corrected chi connectivity index (χ0v) is 16.2. The van der Waals surface area contributed by atoms with Gasteiger partial charge >= 0.3 is 5.97 Å². The van der Waals surface area contributed by atoms with Crippen molar-refractivity contribution in [3.8, 4) is 17.1 Å². The molecule has 1 atom stereocenters. The number of methoxy groups -OCH3 is 1. The monoisotopic (exact) mass is 401 g/mol. The Morgan fingerprint density at radius 2 is 2.04 bits per heavy atom. The van der Waals surface area contributed by atoms with Crippen molar-refractivity contribution < 1.29 is 23.6 Å². The summed E-state index contributed by atoms with van der Waals surface area (Å²) in [4.78, 5) is 28.4. The molecule has 0 bridgehead atoms. The lowest BCUT2D eigenvalue weighted by Crippen LogP contribution is -2.30. The maximum absolute atomic E-state index is 12.2. The smallest absolute Gasteiger partial charge is 0.307 e. The summed E-state index contributed by atoms with van der Waals surface area (Å²) in [6, 6.07) is 8.73. The standard InChI is InChI=1S/C19H19N3O5S/c1-12(19(24)20-14-3-5-15(25-2)6-4-14)26-17(23)8-7-16-21-18(22-27-16)13-9-10-28-11-13/h3-6,9-12H,7-8H2,1-2H3,(H,20,24)/t12-/m0/s1. The van der Waals surface area contributed by atoms with Crippen molar-refractivity contribution in [2.75, 3.05) is 12.4 Å². The molecule has 3 aromatic rings. The summed E-state index contributed by atoms with van der Waals surface area (Å²) in [7, 11) is 1.56. The van der Waals surface area contributed by atoms with E-state index in [2.05, 4.69) is 15.5 Å². The van der Waals surface area contributed by atoms with E-state index in [4.69, 9.17) is 14.0 Å². The summed E-state index contributed by atoms with van der Waals surface area (Å²) in [6.07, 6.45) is -0.660. The molecule has 0 saturated heterocycles. The van der Waals surface area contributed by atoms with Gasteiger partial charge in [0.15, 0.2) is 6.10 Å². The summed E-state index contributed by atoms with van der Waals surface area (Å²) in [5.74, 6) is 0.565. The molecule has 9 heteroatoms. The molecular weight excluding hydrogens is 382 g/mol. The number of benzene rings is 1. The third kappa shape index (κ3) is 5.17. The van der Waals surface area contributed by atoms with Crippen LogP contribution in [0.5, 0.6) is 5.75 Å². The third-order valence-corrected chi connectivity index (χ3v) is 4.51. The van der Waals surface area contributed by atoms with Gasteiger partial charge < -0.3 is 19.3 Å². The highest BCUT2D eigenvalue weighted by Crippen LogP contribution is 2.19. The molecule has 2 aromatic heterocycles. The van der Waals surface area contributed by atoms with E-state index >= 15 is 0 Å². The van der Waals surface area contributed by atoms with E-state index in [9.17, 15) is 9.59 Å². The number of ether oxygens (including phenoxy) is 2. The highest BCUT2D eigenvalue weighted by atomic mass is 32.1. The quantitative estimate of drug-likeness (QED) is 0.578. The minimum absolute atomic E-state index is 0.0332. The Hall–Kier alpha value is -3.20. The lowest BCUT2D eigenvalue weighted by molar-refractivity contribution is -0.153. The Labute approximate surface area is 165 Å². The van der Waals surface area contributed by atoms with E-state index in [0.29, 0.717) is 23.2 Å². The van der Waals surface area contributed by atoms with Crippen molar-refractivity contribution in [1.82, 2.24) is 10.1 Å². The SMILES string of the molecule is COc1ccc(NC(=O)[C@H](C)OC(=O)CCc2nc(-c3ccsc3)no2)cc1. The van der Waals surface area contributed by atoms with Crippen molar-refractivity contribution >= 4 is 28.9 Å². The summed E-state index contributed by atoms with van der Waals surface area (Å²) >= 11 is 1.53. The zero-order valence-electron chi connectivity index (χ0n) is 15.4. The largest absolute Gasteiger partial charge is 0.497 e. The molecule has 1 amide bonds. The van der Waals surface area contributed by atoms with Crippen molar-refractivity contribution in [3.05, 3.63) is 47.0 Å². The molecule has 1 aromatic carbocycles. The molecule has 28 heavy (non-hydrogen) atoms. The van der Waals surface area contributed by atoms with Gasteiger partial charge in [-0.05, 0) is 42.6 Å². The molecule has 0 radical (unpaired) electrons. The predicted octanol–water partition coefficient (Wildman–Crippen LogP) is 3.31. The number of nitrogens with one attached hydrogen (secondary N) is 1. The van der Waals surface area contributed by atoms with Crippen LogP contribution in [0.3, 0.4) is 0 Å². The second-order valence-electron chi connectivity index (χ2n) is 5.87. The molecule has 0 fully saturated rings. The van der Waals surface area contributed by atoms with Gasteiger partial charge in [-0.1, -0.05) is 5.16 Å². The molecule has 3 rings (SSSR count). The van der Waals surface area contributed by atoms with Crippen LogP contribution < -0.4 is 10.1 Å². The number of aromatic nitrogens is 2. The lowest BCUT2D eigenvalue weighted by atomic mass is 10.2. The van der Waals surface area contributed by atoms with Gasteiger partial charge in [-0.3, -0.25) is 9.59 Å². The van der Waals surface area contributed by atoms with E-state index in [0.717, 1.165) is 5.56 Å². The number of amides is 1. The minimum Gasteiger partial charge on any atom is -0.497 e. The zero-order chi connectivity index (χ0) is 19.9.